The highest BCUT2D eigenvalue weighted by atomic mass is 32.2. The van der Waals surface area contributed by atoms with Crippen molar-refractivity contribution in [2.75, 3.05) is 26.7 Å². The standard InChI is InChI=1S/C13H27N5O2S/c1-4-6-14-7-5-9-17(3)21(19,20)16-13(2)11-18-10-8-15-12-18/h8,10,12-14,16H,4-7,9,11H2,1-3H3. The Kier molecular flexibility index (Phi) is 7.87. The number of hydrogen-bond donors (Lipinski definition) is 2. The van der Waals surface area contributed by atoms with Gasteiger partial charge in [-0.2, -0.15) is 17.4 Å². The fourth-order valence-electron chi connectivity index (χ4n) is 1.94. The molecular formula is C13H27N5O2S. The van der Waals surface area contributed by atoms with Gasteiger partial charge in [0.25, 0.3) is 10.2 Å². The lowest BCUT2D eigenvalue weighted by Crippen LogP contribution is -2.44. The smallest absolute Gasteiger partial charge is 0.279 e. The Bertz CT molecular complexity index is 475. The van der Waals surface area contributed by atoms with Gasteiger partial charge in [-0.05, 0) is 32.9 Å². The molecule has 1 rings (SSSR count). The number of rotatable bonds is 11. The lowest BCUT2D eigenvalue weighted by Gasteiger charge is -2.21. The molecule has 0 aliphatic rings. The predicted molar refractivity (Wildman–Crippen MR) is 84.2 cm³/mol. The molecule has 0 fully saturated rings. The fraction of sp³-hybridized carbons (Fsp3) is 0.769. The van der Waals surface area contributed by atoms with Gasteiger partial charge >= 0.3 is 0 Å². The molecule has 0 saturated carbocycles. The van der Waals surface area contributed by atoms with Crippen molar-refractivity contribution in [3.63, 3.8) is 0 Å². The summed E-state index contributed by atoms with van der Waals surface area (Å²) >= 11 is 0. The number of nitrogens with one attached hydrogen (secondary N) is 2. The summed E-state index contributed by atoms with van der Waals surface area (Å²) in [4.78, 5) is 3.94. The van der Waals surface area contributed by atoms with Crippen LogP contribution in [0.25, 0.3) is 0 Å². The molecule has 0 spiro atoms. The molecule has 1 heterocycles. The minimum absolute atomic E-state index is 0.190. The Morgan fingerprint density at radius 3 is 2.76 bits per heavy atom. The molecule has 1 unspecified atom stereocenters. The van der Waals surface area contributed by atoms with E-state index in [0.717, 1.165) is 25.9 Å². The average Bonchev–Trinajstić information content (AvgIpc) is 2.90. The molecule has 1 aromatic heterocycles. The monoisotopic (exact) mass is 317 g/mol. The van der Waals surface area contributed by atoms with E-state index in [1.165, 1.54) is 4.31 Å². The van der Waals surface area contributed by atoms with Crippen LogP contribution in [-0.4, -0.2) is 55.0 Å². The second kappa shape index (κ2) is 9.14. The summed E-state index contributed by atoms with van der Waals surface area (Å²) < 4.78 is 30.2. The first-order valence-corrected chi connectivity index (χ1v) is 8.79. The van der Waals surface area contributed by atoms with Gasteiger partial charge in [0.2, 0.25) is 0 Å². The zero-order valence-corrected chi connectivity index (χ0v) is 13.9. The van der Waals surface area contributed by atoms with E-state index in [4.69, 9.17) is 0 Å². The van der Waals surface area contributed by atoms with Crippen LogP contribution in [0.15, 0.2) is 18.7 Å². The van der Waals surface area contributed by atoms with Crippen LogP contribution in [0, 0.1) is 0 Å². The van der Waals surface area contributed by atoms with Gasteiger partial charge in [-0.1, -0.05) is 6.92 Å². The van der Waals surface area contributed by atoms with Crippen molar-refractivity contribution < 1.29 is 8.42 Å². The highest BCUT2D eigenvalue weighted by molar-refractivity contribution is 7.87. The van der Waals surface area contributed by atoms with Crippen molar-refractivity contribution in [2.24, 2.45) is 0 Å². The third kappa shape index (κ3) is 7.03. The van der Waals surface area contributed by atoms with E-state index in [2.05, 4.69) is 21.9 Å². The zero-order chi connectivity index (χ0) is 15.7. The first-order chi connectivity index (χ1) is 9.95. The third-order valence-electron chi connectivity index (χ3n) is 3.06. The summed E-state index contributed by atoms with van der Waals surface area (Å²) in [5.74, 6) is 0. The highest BCUT2D eigenvalue weighted by Crippen LogP contribution is 2.00. The van der Waals surface area contributed by atoms with E-state index in [1.807, 2.05) is 17.7 Å². The van der Waals surface area contributed by atoms with E-state index in [0.29, 0.717) is 13.1 Å². The van der Waals surface area contributed by atoms with Crippen molar-refractivity contribution in [2.45, 2.75) is 39.3 Å². The minimum atomic E-state index is -3.43. The van der Waals surface area contributed by atoms with Crippen LogP contribution in [0.4, 0.5) is 0 Å². The second-order valence-electron chi connectivity index (χ2n) is 5.21. The number of aromatic nitrogens is 2. The van der Waals surface area contributed by atoms with Crippen LogP contribution in [0.1, 0.15) is 26.7 Å². The summed E-state index contributed by atoms with van der Waals surface area (Å²) in [5.41, 5.74) is 0. The Balaban J connectivity index is 2.33. The Labute approximate surface area is 127 Å². The SMILES string of the molecule is CCCNCCCN(C)S(=O)(=O)NC(C)Cn1ccnc1. The molecule has 0 aliphatic carbocycles. The quantitative estimate of drug-likeness (QED) is 0.580. The van der Waals surface area contributed by atoms with Gasteiger partial charge in [0.15, 0.2) is 0 Å². The summed E-state index contributed by atoms with van der Waals surface area (Å²) in [6.07, 6.45) is 7.05. The summed E-state index contributed by atoms with van der Waals surface area (Å²) in [6.45, 7) is 6.81. The molecule has 21 heavy (non-hydrogen) atoms. The normalized spacial score (nSPS) is 13.7. The van der Waals surface area contributed by atoms with Gasteiger partial charge in [-0.3, -0.25) is 0 Å². The van der Waals surface area contributed by atoms with Gasteiger partial charge < -0.3 is 9.88 Å². The average molecular weight is 317 g/mol. The lowest BCUT2D eigenvalue weighted by atomic mass is 10.4. The van der Waals surface area contributed by atoms with Crippen molar-refractivity contribution in [1.29, 1.82) is 0 Å². The van der Waals surface area contributed by atoms with Crippen molar-refractivity contribution in [3.8, 4) is 0 Å². The zero-order valence-electron chi connectivity index (χ0n) is 13.1. The maximum atomic E-state index is 12.2. The van der Waals surface area contributed by atoms with Crippen LogP contribution in [-0.2, 0) is 16.8 Å². The number of hydrogen-bond acceptors (Lipinski definition) is 4. The molecule has 0 aromatic carbocycles. The van der Waals surface area contributed by atoms with Crippen molar-refractivity contribution in [1.82, 2.24) is 23.9 Å². The maximum Gasteiger partial charge on any atom is 0.279 e. The van der Waals surface area contributed by atoms with Gasteiger partial charge in [-0.25, -0.2) is 4.98 Å². The van der Waals surface area contributed by atoms with E-state index >= 15 is 0 Å². The lowest BCUT2D eigenvalue weighted by molar-refractivity contribution is 0.430. The van der Waals surface area contributed by atoms with E-state index < -0.39 is 10.2 Å². The molecule has 2 N–H and O–H groups in total. The van der Waals surface area contributed by atoms with Crippen LogP contribution >= 0.6 is 0 Å². The molecule has 0 radical (unpaired) electrons. The van der Waals surface area contributed by atoms with Crippen molar-refractivity contribution in [3.05, 3.63) is 18.7 Å². The molecule has 7 nitrogen and oxygen atoms in total. The summed E-state index contributed by atoms with van der Waals surface area (Å²) in [5, 5.41) is 3.26. The van der Waals surface area contributed by atoms with Gasteiger partial charge in [0, 0.05) is 38.6 Å². The Hall–Kier alpha value is -0.960. The molecule has 0 saturated heterocycles. The molecule has 0 aliphatic heterocycles. The first-order valence-electron chi connectivity index (χ1n) is 7.35. The molecule has 1 atom stereocenters. The fourth-order valence-corrected chi connectivity index (χ4v) is 3.07. The molecule has 1 aromatic rings. The van der Waals surface area contributed by atoms with Crippen LogP contribution in [0.3, 0.4) is 0 Å². The molecule has 0 bridgehead atoms. The Morgan fingerprint density at radius 2 is 2.14 bits per heavy atom. The van der Waals surface area contributed by atoms with E-state index in [9.17, 15) is 8.42 Å². The minimum Gasteiger partial charge on any atom is -0.336 e. The summed E-state index contributed by atoms with van der Waals surface area (Å²) in [7, 11) is -1.83. The Morgan fingerprint density at radius 1 is 1.38 bits per heavy atom. The van der Waals surface area contributed by atoms with E-state index in [-0.39, 0.29) is 6.04 Å². The largest absolute Gasteiger partial charge is 0.336 e. The highest BCUT2D eigenvalue weighted by Gasteiger charge is 2.19. The van der Waals surface area contributed by atoms with Crippen molar-refractivity contribution >= 4 is 10.2 Å². The molecule has 122 valence electrons. The first kappa shape index (κ1) is 18.1. The van der Waals surface area contributed by atoms with Crippen LogP contribution < -0.4 is 10.0 Å². The van der Waals surface area contributed by atoms with Gasteiger partial charge in [0.1, 0.15) is 0 Å². The number of nitrogens with zero attached hydrogens (tertiary/aromatic N) is 3. The predicted octanol–water partition coefficient (Wildman–Crippen LogP) is 0.428. The molecule has 0 amide bonds. The third-order valence-corrected chi connectivity index (χ3v) is 4.76. The van der Waals surface area contributed by atoms with Crippen LogP contribution in [0.2, 0.25) is 0 Å². The number of imidazole rings is 1. The van der Waals surface area contributed by atoms with Crippen LogP contribution in [0.5, 0.6) is 0 Å². The topological polar surface area (TPSA) is 79.3 Å². The molecule has 8 heteroatoms. The van der Waals surface area contributed by atoms with Gasteiger partial charge in [-0.15, -0.1) is 0 Å². The molecular weight excluding hydrogens is 290 g/mol. The van der Waals surface area contributed by atoms with E-state index in [1.54, 1.807) is 19.6 Å². The van der Waals surface area contributed by atoms with Gasteiger partial charge in [0.05, 0.1) is 6.33 Å². The second-order valence-corrected chi connectivity index (χ2v) is 7.02. The summed E-state index contributed by atoms with van der Waals surface area (Å²) in [6, 6.07) is -0.190. The maximum absolute atomic E-state index is 12.2.